The largest absolute Gasteiger partial charge is 0.316 e. The maximum absolute atomic E-state index is 13.6. The lowest BCUT2D eigenvalue weighted by Gasteiger charge is -2.10. The Morgan fingerprint density at radius 3 is 2.85 bits per heavy atom. The molecule has 0 fully saturated rings. The Balaban J connectivity index is 1.69. The summed E-state index contributed by atoms with van der Waals surface area (Å²) >= 11 is 1.00. The van der Waals surface area contributed by atoms with Gasteiger partial charge in [-0.25, -0.2) is 9.07 Å². The summed E-state index contributed by atoms with van der Waals surface area (Å²) in [7, 11) is 1.87. The number of hydrogen-bond donors (Lipinski definition) is 3. The molecule has 6 nitrogen and oxygen atoms in total. The molecule has 1 amide bonds. The smallest absolute Gasteiger partial charge is 0.266 e. The lowest BCUT2D eigenvalue weighted by molar-refractivity contribution is 0.0947. The van der Waals surface area contributed by atoms with Gasteiger partial charge in [-0.1, -0.05) is 12.1 Å². The van der Waals surface area contributed by atoms with Crippen molar-refractivity contribution in [2.45, 2.75) is 18.4 Å². The van der Waals surface area contributed by atoms with Crippen LogP contribution in [0.15, 0.2) is 59.8 Å². The first kappa shape index (κ1) is 19.1. The van der Waals surface area contributed by atoms with Crippen LogP contribution in [0.4, 0.5) is 4.39 Å². The molecular formula is C19H20FN5OS. The molecule has 3 N–H and O–H groups in total. The zero-order valence-electron chi connectivity index (χ0n) is 15.0. The van der Waals surface area contributed by atoms with E-state index >= 15 is 0 Å². The fourth-order valence-electron chi connectivity index (χ4n) is 2.55. The van der Waals surface area contributed by atoms with Gasteiger partial charge in [0.2, 0.25) is 0 Å². The fourth-order valence-corrected chi connectivity index (χ4v) is 3.12. The minimum atomic E-state index is -0.349. The fraction of sp³-hybridized carbons (Fsp3) is 0.158. The van der Waals surface area contributed by atoms with E-state index in [-0.39, 0.29) is 11.7 Å². The number of aromatic nitrogens is 2. The van der Waals surface area contributed by atoms with Gasteiger partial charge in [0.15, 0.2) is 0 Å². The van der Waals surface area contributed by atoms with Crippen LogP contribution in [-0.2, 0) is 6.54 Å². The van der Waals surface area contributed by atoms with Gasteiger partial charge in [-0.15, -0.1) is 0 Å². The van der Waals surface area contributed by atoms with Gasteiger partial charge >= 0.3 is 0 Å². The highest BCUT2D eigenvalue weighted by Crippen LogP contribution is 2.18. The van der Waals surface area contributed by atoms with Crippen molar-refractivity contribution < 1.29 is 9.18 Å². The van der Waals surface area contributed by atoms with E-state index in [0.29, 0.717) is 10.5 Å². The third-order valence-electron chi connectivity index (χ3n) is 3.77. The van der Waals surface area contributed by atoms with Crippen molar-refractivity contribution in [3.8, 4) is 5.69 Å². The third kappa shape index (κ3) is 4.94. The van der Waals surface area contributed by atoms with Crippen molar-refractivity contribution in [3.05, 3.63) is 77.4 Å². The summed E-state index contributed by atoms with van der Waals surface area (Å²) < 4.78 is 15.3. The number of amides is 1. The lowest BCUT2D eigenvalue weighted by Crippen LogP contribution is -2.32. The minimum absolute atomic E-state index is 0.314. The Morgan fingerprint density at radius 2 is 2.07 bits per heavy atom. The first-order chi connectivity index (χ1) is 13.1. The third-order valence-corrected chi connectivity index (χ3v) is 4.52. The number of hydrazine groups is 1. The summed E-state index contributed by atoms with van der Waals surface area (Å²) in [5, 5.41) is 7.42. The average molecular weight is 385 g/mol. The van der Waals surface area contributed by atoms with Crippen LogP contribution in [0.3, 0.4) is 0 Å². The lowest BCUT2D eigenvalue weighted by atomic mass is 10.1. The Hall–Kier alpha value is -2.68. The van der Waals surface area contributed by atoms with Crippen LogP contribution in [0.5, 0.6) is 0 Å². The Labute approximate surface area is 161 Å². The second-order valence-electron chi connectivity index (χ2n) is 5.97. The minimum Gasteiger partial charge on any atom is -0.316 e. The molecule has 3 rings (SSSR count). The molecule has 140 valence electrons. The molecule has 0 saturated heterocycles. The number of benzene rings is 2. The molecule has 0 bridgehead atoms. The molecule has 0 spiro atoms. The first-order valence-corrected chi connectivity index (χ1v) is 9.15. The number of carbonyl (C=O) groups is 1. The maximum Gasteiger partial charge on any atom is 0.266 e. The summed E-state index contributed by atoms with van der Waals surface area (Å²) in [6.45, 7) is 2.64. The number of nitrogens with zero attached hydrogens (tertiary/aromatic N) is 2. The molecule has 3 aromatic rings. The van der Waals surface area contributed by atoms with E-state index < -0.39 is 0 Å². The summed E-state index contributed by atoms with van der Waals surface area (Å²) in [5.74, 6) is -0.662. The van der Waals surface area contributed by atoms with Gasteiger partial charge < -0.3 is 5.32 Å². The molecule has 27 heavy (non-hydrogen) atoms. The zero-order valence-corrected chi connectivity index (χ0v) is 15.8. The quantitative estimate of drug-likeness (QED) is 0.431. The second kappa shape index (κ2) is 8.81. The number of aryl methyl sites for hydroxylation is 1. The van der Waals surface area contributed by atoms with E-state index in [1.54, 1.807) is 41.2 Å². The highest BCUT2D eigenvalue weighted by atomic mass is 32.2. The number of halogens is 1. The topological polar surface area (TPSA) is 71.0 Å². The van der Waals surface area contributed by atoms with Gasteiger partial charge in [0, 0.05) is 23.9 Å². The molecule has 0 aliphatic rings. The SMILES string of the molecule is CNCc1cnn(-c2cc(C)cc(C(=O)NNSc3ccccc3F)c2)c1. The summed E-state index contributed by atoms with van der Waals surface area (Å²) in [5.41, 5.74) is 5.84. The van der Waals surface area contributed by atoms with Crippen molar-refractivity contribution in [2.75, 3.05) is 7.05 Å². The van der Waals surface area contributed by atoms with Gasteiger partial charge in [-0.2, -0.15) is 9.93 Å². The average Bonchev–Trinajstić information content (AvgIpc) is 3.12. The van der Waals surface area contributed by atoms with Gasteiger partial charge in [-0.3, -0.25) is 10.2 Å². The highest BCUT2D eigenvalue weighted by molar-refractivity contribution is 7.97. The van der Waals surface area contributed by atoms with Crippen molar-refractivity contribution in [1.29, 1.82) is 0 Å². The van der Waals surface area contributed by atoms with Crippen LogP contribution >= 0.6 is 11.9 Å². The Kier molecular flexibility index (Phi) is 6.23. The Bertz CT molecular complexity index is 943. The molecule has 0 saturated carbocycles. The van der Waals surface area contributed by atoms with Crippen LogP contribution in [0.2, 0.25) is 0 Å². The highest BCUT2D eigenvalue weighted by Gasteiger charge is 2.10. The summed E-state index contributed by atoms with van der Waals surface area (Å²) in [6.07, 6.45) is 3.70. The van der Waals surface area contributed by atoms with Crippen LogP contribution in [0.1, 0.15) is 21.5 Å². The van der Waals surface area contributed by atoms with E-state index in [0.717, 1.165) is 35.3 Å². The van der Waals surface area contributed by atoms with Gasteiger partial charge in [0.1, 0.15) is 5.82 Å². The van der Waals surface area contributed by atoms with Crippen LogP contribution < -0.4 is 15.6 Å². The van der Waals surface area contributed by atoms with Crippen molar-refractivity contribution >= 4 is 17.9 Å². The first-order valence-electron chi connectivity index (χ1n) is 8.34. The molecule has 8 heteroatoms. The molecule has 0 radical (unpaired) electrons. The predicted molar refractivity (Wildman–Crippen MR) is 104 cm³/mol. The number of rotatable bonds is 7. The summed E-state index contributed by atoms with van der Waals surface area (Å²) in [4.78, 5) is 15.5. The van der Waals surface area contributed by atoms with Gasteiger partial charge in [0.05, 0.1) is 16.8 Å². The van der Waals surface area contributed by atoms with E-state index in [4.69, 9.17) is 0 Å². The molecule has 0 atom stereocenters. The standard InChI is InChI=1S/C19H20FN5OS/c1-13-7-15(9-16(8-13)25-12-14(10-21-2)11-22-25)19(26)23-24-27-18-6-4-3-5-17(18)20/h3-9,11-12,21,24H,10H2,1-2H3,(H,23,26). The molecule has 1 heterocycles. The molecular weight excluding hydrogens is 365 g/mol. The van der Waals surface area contributed by atoms with Crippen molar-refractivity contribution in [3.63, 3.8) is 0 Å². The van der Waals surface area contributed by atoms with Crippen LogP contribution in [-0.4, -0.2) is 22.7 Å². The van der Waals surface area contributed by atoms with Crippen molar-refractivity contribution in [1.82, 2.24) is 25.4 Å². The molecule has 0 unspecified atom stereocenters. The summed E-state index contributed by atoms with van der Waals surface area (Å²) in [6, 6.07) is 11.8. The Morgan fingerprint density at radius 1 is 1.26 bits per heavy atom. The van der Waals surface area contributed by atoms with Crippen LogP contribution in [0.25, 0.3) is 5.69 Å². The van der Waals surface area contributed by atoms with Gasteiger partial charge in [0.25, 0.3) is 5.91 Å². The monoisotopic (exact) mass is 385 g/mol. The molecule has 2 aromatic carbocycles. The van der Waals surface area contributed by atoms with Crippen molar-refractivity contribution in [2.24, 2.45) is 0 Å². The van der Waals surface area contributed by atoms with Gasteiger partial charge in [-0.05, 0) is 61.8 Å². The molecule has 0 aliphatic heterocycles. The van der Waals surface area contributed by atoms with E-state index in [9.17, 15) is 9.18 Å². The number of carbonyl (C=O) groups excluding carboxylic acids is 1. The van der Waals surface area contributed by atoms with E-state index in [1.165, 1.54) is 6.07 Å². The molecule has 1 aromatic heterocycles. The maximum atomic E-state index is 13.6. The zero-order chi connectivity index (χ0) is 19.2. The van der Waals surface area contributed by atoms with E-state index in [2.05, 4.69) is 20.7 Å². The van der Waals surface area contributed by atoms with E-state index in [1.807, 2.05) is 26.2 Å². The number of hydrogen-bond acceptors (Lipinski definition) is 5. The number of nitrogens with one attached hydrogen (secondary N) is 3. The second-order valence-corrected chi connectivity index (χ2v) is 6.82. The van der Waals surface area contributed by atoms with Crippen LogP contribution in [0, 0.1) is 12.7 Å². The normalized spacial score (nSPS) is 10.8. The molecule has 0 aliphatic carbocycles. The predicted octanol–water partition coefficient (Wildman–Crippen LogP) is 2.98.